The van der Waals surface area contributed by atoms with Gasteiger partial charge in [-0.25, -0.2) is 0 Å². The smallest absolute Gasteiger partial charge is 0.235 e. The van der Waals surface area contributed by atoms with Crippen molar-refractivity contribution in [2.24, 2.45) is 0 Å². The quantitative estimate of drug-likeness (QED) is 0.598. The van der Waals surface area contributed by atoms with E-state index in [1.54, 1.807) is 25.1 Å². The normalized spacial score (nSPS) is 10.9. The van der Waals surface area contributed by atoms with E-state index >= 15 is 0 Å². The summed E-state index contributed by atoms with van der Waals surface area (Å²) in [5.74, 6) is -1.23. The lowest BCUT2D eigenvalue weighted by Crippen LogP contribution is -2.03. The molecule has 2 aromatic carbocycles. The van der Waals surface area contributed by atoms with Gasteiger partial charge < -0.3 is 19.7 Å². The Balaban J connectivity index is 2.37. The van der Waals surface area contributed by atoms with Crippen molar-refractivity contribution in [2.75, 3.05) is 0 Å². The Morgan fingerprint density at radius 3 is 2.48 bits per heavy atom. The molecule has 1 aromatic heterocycles. The molecule has 0 radical (unpaired) electrons. The van der Waals surface area contributed by atoms with Crippen molar-refractivity contribution in [1.29, 1.82) is 0 Å². The first-order valence-corrected chi connectivity index (χ1v) is 6.27. The highest BCUT2D eigenvalue weighted by Crippen LogP contribution is 2.35. The zero-order chi connectivity index (χ0) is 15.1. The van der Waals surface area contributed by atoms with E-state index in [0.717, 1.165) is 5.56 Å². The summed E-state index contributed by atoms with van der Waals surface area (Å²) in [4.78, 5) is 12.2. The molecule has 0 spiro atoms. The average molecular weight is 284 g/mol. The first-order valence-electron chi connectivity index (χ1n) is 6.27. The van der Waals surface area contributed by atoms with Gasteiger partial charge in [-0.1, -0.05) is 12.1 Å². The van der Waals surface area contributed by atoms with Crippen molar-refractivity contribution < 1.29 is 19.7 Å². The molecule has 5 heteroatoms. The van der Waals surface area contributed by atoms with Crippen molar-refractivity contribution in [3.05, 3.63) is 52.2 Å². The van der Waals surface area contributed by atoms with Gasteiger partial charge in [0.05, 0.1) is 5.39 Å². The van der Waals surface area contributed by atoms with Gasteiger partial charge in [0.25, 0.3) is 0 Å². The van der Waals surface area contributed by atoms with Crippen LogP contribution in [0.4, 0.5) is 0 Å². The van der Waals surface area contributed by atoms with Gasteiger partial charge in [-0.05, 0) is 36.8 Å². The van der Waals surface area contributed by atoms with Crippen molar-refractivity contribution in [2.45, 2.75) is 6.92 Å². The number of aryl methyl sites for hydroxylation is 1. The Morgan fingerprint density at radius 2 is 1.76 bits per heavy atom. The van der Waals surface area contributed by atoms with Crippen molar-refractivity contribution in [3.8, 4) is 28.6 Å². The second-order valence-electron chi connectivity index (χ2n) is 4.76. The Bertz CT molecular complexity index is 908. The van der Waals surface area contributed by atoms with E-state index in [1.807, 2.05) is 0 Å². The largest absolute Gasteiger partial charge is 0.504 e. The Morgan fingerprint density at radius 1 is 1.00 bits per heavy atom. The summed E-state index contributed by atoms with van der Waals surface area (Å²) in [6.07, 6.45) is 0. The molecule has 0 atom stereocenters. The summed E-state index contributed by atoms with van der Waals surface area (Å²) in [6.45, 7) is 1.79. The second-order valence-corrected chi connectivity index (χ2v) is 4.76. The van der Waals surface area contributed by atoms with Gasteiger partial charge in [-0.3, -0.25) is 4.79 Å². The molecule has 3 aromatic rings. The summed E-state index contributed by atoms with van der Waals surface area (Å²) in [7, 11) is 0. The van der Waals surface area contributed by atoms with Crippen LogP contribution in [0.3, 0.4) is 0 Å². The molecule has 0 bridgehead atoms. The molecule has 0 saturated heterocycles. The maximum atomic E-state index is 12.2. The molecule has 0 aliphatic rings. The van der Waals surface area contributed by atoms with Gasteiger partial charge in [-0.15, -0.1) is 0 Å². The van der Waals surface area contributed by atoms with E-state index in [9.17, 15) is 20.1 Å². The SMILES string of the molecule is Cc1cccc2c(=O)c(O)c(-c3ccc(O)c(O)c3)oc12. The van der Waals surface area contributed by atoms with E-state index < -0.39 is 11.2 Å². The fourth-order valence-corrected chi connectivity index (χ4v) is 2.21. The minimum absolute atomic E-state index is 0.0444. The molecule has 106 valence electrons. The molecule has 0 aliphatic carbocycles. The number of hydrogen-bond acceptors (Lipinski definition) is 5. The van der Waals surface area contributed by atoms with Gasteiger partial charge in [0.1, 0.15) is 5.58 Å². The number of aromatic hydroxyl groups is 3. The van der Waals surface area contributed by atoms with Crippen LogP contribution in [-0.4, -0.2) is 15.3 Å². The van der Waals surface area contributed by atoms with Crippen LogP contribution in [0.2, 0.25) is 0 Å². The molecule has 0 saturated carbocycles. The van der Waals surface area contributed by atoms with Crippen molar-refractivity contribution >= 4 is 11.0 Å². The van der Waals surface area contributed by atoms with E-state index in [1.165, 1.54) is 18.2 Å². The zero-order valence-corrected chi connectivity index (χ0v) is 11.1. The fourth-order valence-electron chi connectivity index (χ4n) is 2.21. The van der Waals surface area contributed by atoms with Crippen LogP contribution >= 0.6 is 0 Å². The van der Waals surface area contributed by atoms with Gasteiger partial charge in [-0.2, -0.15) is 0 Å². The average Bonchev–Trinajstić information content (AvgIpc) is 2.46. The fraction of sp³-hybridized carbons (Fsp3) is 0.0625. The summed E-state index contributed by atoms with van der Waals surface area (Å²) in [6, 6.07) is 8.99. The van der Waals surface area contributed by atoms with E-state index in [-0.39, 0.29) is 17.3 Å². The molecule has 3 rings (SSSR count). The Kier molecular flexibility index (Phi) is 2.83. The number of rotatable bonds is 1. The topological polar surface area (TPSA) is 90.9 Å². The van der Waals surface area contributed by atoms with Crippen LogP contribution in [0.1, 0.15) is 5.56 Å². The maximum absolute atomic E-state index is 12.2. The number of fused-ring (bicyclic) bond motifs is 1. The predicted molar refractivity (Wildman–Crippen MR) is 77.7 cm³/mol. The van der Waals surface area contributed by atoms with Crippen molar-refractivity contribution in [3.63, 3.8) is 0 Å². The first-order chi connectivity index (χ1) is 9.99. The van der Waals surface area contributed by atoms with E-state index in [4.69, 9.17) is 4.42 Å². The van der Waals surface area contributed by atoms with E-state index in [2.05, 4.69) is 0 Å². The monoisotopic (exact) mass is 284 g/mol. The number of phenols is 2. The summed E-state index contributed by atoms with van der Waals surface area (Å²) in [5.41, 5.74) is 0.893. The standard InChI is InChI=1S/C16H12O5/c1-8-3-2-4-10-13(19)14(20)16(21-15(8)10)9-5-6-11(17)12(18)7-9/h2-7,17-18,20H,1H3. The third-order valence-corrected chi connectivity index (χ3v) is 3.33. The molecular formula is C16H12O5. The molecule has 21 heavy (non-hydrogen) atoms. The highest BCUT2D eigenvalue weighted by molar-refractivity contribution is 5.84. The van der Waals surface area contributed by atoms with Crippen LogP contribution in [0.25, 0.3) is 22.3 Å². The third kappa shape index (κ3) is 1.99. The second kappa shape index (κ2) is 4.56. The molecule has 0 aliphatic heterocycles. The Hall–Kier alpha value is -2.95. The third-order valence-electron chi connectivity index (χ3n) is 3.33. The van der Waals surface area contributed by atoms with Crippen LogP contribution < -0.4 is 5.43 Å². The van der Waals surface area contributed by atoms with Crippen LogP contribution in [0, 0.1) is 6.92 Å². The zero-order valence-electron chi connectivity index (χ0n) is 11.1. The molecule has 5 nitrogen and oxygen atoms in total. The highest BCUT2D eigenvalue weighted by atomic mass is 16.4. The maximum Gasteiger partial charge on any atom is 0.235 e. The minimum atomic E-state index is -0.539. The molecule has 1 heterocycles. The highest BCUT2D eigenvalue weighted by Gasteiger charge is 2.17. The summed E-state index contributed by atoms with van der Waals surface area (Å²) in [5, 5.41) is 29.2. The first kappa shape index (κ1) is 13.1. The minimum Gasteiger partial charge on any atom is -0.504 e. The number of para-hydroxylation sites is 1. The number of phenolic OH excluding ortho intramolecular Hbond substituents is 2. The lowest BCUT2D eigenvalue weighted by Gasteiger charge is -2.08. The van der Waals surface area contributed by atoms with Crippen LogP contribution in [-0.2, 0) is 0 Å². The van der Waals surface area contributed by atoms with Crippen LogP contribution in [0.5, 0.6) is 17.2 Å². The van der Waals surface area contributed by atoms with Gasteiger partial charge in [0.2, 0.25) is 11.2 Å². The Labute approximate surface area is 119 Å². The van der Waals surface area contributed by atoms with Crippen LogP contribution in [0.15, 0.2) is 45.6 Å². The molecule has 3 N–H and O–H groups in total. The lowest BCUT2D eigenvalue weighted by atomic mass is 10.1. The lowest BCUT2D eigenvalue weighted by molar-refractivity contribution is 0.403. The summed E-state index contributed by atoms with van der Waals surface area (Å²) < 4.78 is 5.64. The predicted octanol–water partition coefficient (Wildman–Crippen LogP) is 2.89. The molecule has 0 unspecified atom stereocenters. The van der Waals surface area contributed by atoms with E-state index in [0.29, 0.717) is 16.5 Å². The number of hydrogen-bond donors (Lipinski definition) is 3. The van der Waals surface area contributed by atoms with Gasteiger partial charge in [0, 0.05) is 5.56 Å². The van der Waals surface area contributed by atoms with Crippen molar-refractivity contribution in [1.82, 2.24) is 0 Å². The molecular weight excluding hydrogens is 272 g/mol. The molecule has 0 fully saturated rings. The van der Waals surface area contributed by atoms with Gasteiger partial charge >= 0.3 is 0 Å². The number of benzene rings is 2. The molecule has 0 amide bonds. The van der Waals surface area contributed by atoms with Gasteiger partial charge in [0.15, 0.2) is 17.3 Å². The summed E-state index contributed by atoms with van der Waals surface area (Å²) >= 11 is 0.